The Morgan fingerprint density at radius 1 is 1.24 bits per heavy atom. The zero-order chi connectivity index (χ0) is 17.9. The number of carbonyl (C=O) groups is 1. The van der Waals surface area contributed by atoms with Crippen LogP contribution in [0.5, 0.6) is 5.88 Å². The summed E-state index contributed by atoms with van der Waals surface area (Å²) in [6, 6.07) is 2.70. The number of carbonyl (C=O) groups excluding carboxylic acids is 1. The molecule has 0 aromatic carbocycles. The topological polar surface area (TPSA) is 60.9 Å². The predicted octanol–water partition coefficient (Wildman–Crippen LogP) is 2.25. The highest BCUT2D eigenvalue weighted by Crippen LogP contribution is 2.26. The normalized spacial score (nSPS) is 20.0. The van der Waals surface area contributed by atoms with Crippen molar-refractivity contribution in [3.8, 4) is 5.88 Å². The van der Waals surface area contributed by atoms with E-state index in [0.717, 1.165) is 12.8 Å². The summed E-state index contributed by atoms with van der Waals surface area (Å²) in [6.45, 7) is 0.973. The second-order valence-corrected chi connectivity index (χ2v) is 6.03. The van der Waals surface area contributed by atoms with Crippen LogP contribution in [0.3, 0.4) is 0 Å². The maximum atomic E-state index is 12.5. The van der Waals surface area contributed by atoms with Crippen molar-refractivity contribution in [3.05, 3.63) is 23.9 Å². The summed E-state index contributed by atoms with van der Waals surface area (Å²) < 4.78 is 51.9. The summed E-state index contributed by atoms with van der Waals surface area (Å²) >= 11 is 0. The Kier molecular flexibility index (Phi) is 5.43. The highest BCUT2D eigenvalue weighted by atomic mass is 19.4. The van der Waals surface area contributed by atoms with Gasteiger partial charge in [-0.2, -0.15) is 13.2 Å². The van der Waals surface area contributed by atoms with E-state index in [2.05, 4.69) is 9.72 Å². The molecule has 2 aliphatic rings. The average Bonchev–Trinajstić information content (AvgIpc) is 3.14. The van der Waals surface area contributed by atoms with Crippen LogP contribution in [-0.2, 0) is 9.47 Å². The third kappa shape index (κ3) is 4.82. The molecule has 1 aromatic rings. The number of halogens is 3. The van der Waals surface area contributed by atoms with E-state index < -0.39 is 12.8 Å². The maximum Gasteiger partial charge on any atom is 0.422 e. The van der Waals surface area contributed by atoms with Crippen molar-refractivity contribution in [2.24, 2.45) is 5.92 Å². The molecule has 0 saturated carbocycles. The summed E-state index contributed by atoms with van der Waals surface area (Å²) in [5, 5.41) is 0. The minimum Gasteiger partial charge on any atom is -0.468 e. The van der Waals surface area contributed by atoms with Crippen molar-refractivity contribution >= 4 is 5.91 Å². The van der Waals surface area contributed by atoms with Gasteiger partial charge in [0.05, 0.1) is 18.8 Å². The van der Waals surface area contributed by atoms with E-state index in [9.17, 15) is 18.0 Å². The van der Waals surface area contributed by atoms with Gasteiger partial charge in [-0.25, -0.2) is 4.98 Å². The third-order valence-electron chi connectivity index (χ3n) is 4.23. The average molecular weight is 360 g/mol. The SMILES string of the molecule is O=C(c1ccc(OCC(F)(F)F)nc1)N1CCC(C2OCCO2)CC1. The van der Waals surface area contributed by atoms with Crippen LogP contribution in [0.4, 0.5) is 13.2 Å². The van der Waals surface area contributed by atoms with Crippen LogP contribution >= 0.6 is 0 Å². The fourth-order valence-electron chi connectivity index (χ4n) is 2.95. The number of pyridine rings is 1. The van der Waals surface area contributed by atoms with Gasteiger partial charge in [0.15, 0.2) is 12.9 Å². The van der Waals surface area contributed by atoms with E-state index in [-0.39, 0.29) is 24.0 Å². The van der Waals surface area contributed by atoms with Gasteiger partial charge in [0.25, 0.3) is 5.91 Å². The Bertz CT molecular complexity index is 580. The van der Waals surface area contributed by atoms with Gasteiger partial charge in [-0.3, -0.25) is 4.79 Å². The van der Waals surface area contributed by atoms with E-state index >= 15 is 0 Å². The van der Waals surface area contributed by atoms with E-state index in [1.807, 2.05) is 0 Å². The number of alkyl halides is 3. The van der Waals surface area contributed by atoms with Crippen LogP contribution in [0.15, 0.2) is 18.3 Å². The van der Waals surface area contributed by atoms with Gasteiger partial charge in [0.1, 0.15) is 0 Å². The van der Waals surface area contributed by atoms with Gasteiger partial charge in [0.2, 0.25) is 5.88 Å². The maximum absolute atomic E-state index is 12.5. The second kappa shape index (κ2) is 7.57. The Hall–Kier alpha value is -1.87. The molecule has 3 heterocycles. The summed E-state index contributed by atoms with van der Waals surface area (Å²) in [5.41, 5.74) is 0.325. The van der Waals surface area contributed by atoms with Crippen LogP contribution in [0.25, 0.3) is 0 Å². The fraction of sp³-hybridized carbons (Fsp3) is 0.625. The fourth-order valence-corrected chi connectivity index (χ4v) is 2.95. The number of likely N-dealkylation sites (tertiary alicyclic amines) is 1. The Morgan fingerprint density at radius 2 is 1.92 bits per heavy atom. The molecule has 0 unspecified atom stereocenters. The van der Waals surface area contributed by atoms with Crippen molar-refractivity contribution in [2.75, 3.05) is 32.9 Å². The molecule has 1 aromatic heterocycles. The lowest BCUT2D eigenvalue weighted by atomic mass is 9.96. The zero-order valence-corrected chi connectivity index (χ0v) is 13.5. The first-order valence-corrected chi connectivity index (χ1v) is 8.10. The molecule has 2 fully saturated rings. The Morgan fingerprint density at radius 3 is 2.48 bits per heavy atom. The van der Waals surface area contributed by atoms with E-state index in [4.69, 9.17) is 9.47 Å². The van der Waals surface area contributed by atoms with Gasteiger partial charge in [-0.05, 0) is 18.9 Å². The highest BCUT2D eigenvalue weighted by molar-refractivity contribution is 5.94. The smallest absolute Gasteiger partial charge is 0.422 e. The molecular formula is C16H19F3N2O4. The lowest BCUT2D eigenvalue weighted by Crippen LogP contribution is -2.41. The van der Waals surface area contributed by atoms with E-state index in [1.54, 1.807) is 4.90 Å². The second-order valence-electron chi connectivity index (χ2n) is 6.03. The molecule has 1 amide bonds. The summed E-state index contributed by atoms with van der Waals surface area (Å²) in [5.74, 6) is -0.0764. The molecule has 0 spiro atoms. The van der Waals surface area contributed by atoms with Gasteiger partial charge < -0.3 is 19.1 Å². The summed E-state index contributed by atoms with van der Waals surface area (Å²) in [7, 11) is 0. The van der Waals surface area contributed by atoms with Crippen molar-refractivity contribution in [1.82, 2.24) is 9.88 Å². The first-order valence-electron chi connectivity index (χ1n) is 8.10. The Labute approximate surface area is 142 Å². The predicted molar refractivity (Wildman–Crippen MR) is 80.1 cm³/mol. The van der Waals surface area contributed by atoms with Crippen LogP contribution in [-0.4, -0.2) is 61.2 Å². The summed E-state index contributed by atoms with van der Waals surface area (Å²) in [4.78, 5) is 17.9. The zero-order valence-electron chi connectivity index (χ0n) is 13.5. The highest BCUT2D eigenvalue weighted by Gasteiger charge is 2.32. The molecule has 3 rings (SSSR count). The van der Waals surface area contributed by atoms with Crippen molar-refractivity contribution in [3.63, 3.8) is 0 Å². The number of hydrogen-bond acceptors (Lipinski definition) is 5. The largest absolute Gasteiger partial charge is 0.468 e. The number of nitrogens with zero attached hydrogens (tertiary/aromatic N) is 2. The van der Waals surface area contributed by atoms with E-state index in [0.29, 0.717) is 31.9 Å². The minimum atomic E-state index is -4.42. The van der Waals surface area contributed by atoms with Gasteiger partial charge in [0, 0.05) is 31.3 Å². The monoisotopic (exact) mass is 360 g/mol. The molecule has 138 valence electrons. The quantitative estimate of drug-likeness (QED) is 0.824. The Balaban J connectivity index is 1.51. The molecule has 25 heavy (non-hydrogen) atoms. The summed E-state index contributed by atoms with van der Waals surface area (Å²) in [6.07, 6.45) is -1.78. The minimum absolute atomic E-state index is 0.164. The van der Waals surface area contributed by atoms with Crippen LogP contribution in [0.2, 0.25) is 0 Å². The van der Waals surface area contributed by atoms with Crippen molar-refractivity contribution in [2.45, 2.75) is 25.3 Å². The molecule has 0 bridgehead atoms. The molecule has 0 radical (unpaired) electrons. The number of ether oxygens (including phenoxy) is 3. The number of rotatable bonds is 4. The van der Waals surface area contributed by atoms with Gasteiger partial charge in [-0.15, -0.1) is 0 Å². The first-order chi connectivity index (χ1) is 11.9. The number of hydrogen-bond donors (Lipinski definition) is 0. The van der Waals surface area contributed by atoms with Crippen molar-refractivity contribution < 1.29 is 32.2 Å². The van der Waals surface area contributed by atoms with Gasteiger partial charge in [-0.1, -0.05) is 0 Å². The van der Waals surface area contributed by atoms with Crippen LogP contribution in [0.1, 0.15) is 23.2 Å². The van der Waals surface area contributed by atoms with Crippen LogP contribution < -0.4 is 4.74 Å². The van der Waals surface area contributed by atoms with Gasteiger partial charge >= 0.3 is 6.18 Å². The molecule has 2 saturated heterocycles. The molecular weight excluding hydrogens is 341 g/mol. The molecule has 0 N–H and O–H groups in total. The molecule has 0 atom stereocenters. The van der Waals surface area contributed by atoms with Crippen LogP contribution in [0, 0.1) is 5.92 Å². The molecule has 2 aliphatic heterocycles. The molecule has 0 aliphatic carbocycles. The number of amides is 1. The van der Waals surface area contributed by atoms with Crippen molar-refractivity contribution in [1.29, 1.82) is 0 Å². The standard InChI is InChI=1S/C16H19F3N2O4/c17-16(18,19)10-25-13-2-1-12(9-20-13)14(22)21-5-3-11(4-6-21)15-23-7-8-24-15/h1-2,9,11,15H,3-8,10H2. The molecule has 6 nitrogen and oxygen atoms in total. The lowest BCUT2D eigenvalue weighted by molar-refractivity contribution is -0.154. The lowest BCUT2D eigenvalue weighted by Gasteiger charge is -2.33. The third-order valence-corrected chi connectivity index (χ3v) is 4.23. The van der Waals surface area contributed by atoms with E-state index in [1.165, 1.54) is 18.3 Å². The number of aromatic nitrogens is 1. The number of piperidine rings is 1. The first kappa shape index (κ1) is 17.9. The molecule has 9 heteroatoms.